The summed E-state index contributed by atoms with van der Waals surface area (Å²) in [6, 6.07) is 8.21. The number of amides is 1. The van der Waals surface area contributed by atoms with E-state index in [0.717, 1.165) is 41.7 Å². The molecule has 2 aliphatic heterocycles. The minimum Gasteiger partial charge on any atom is -0.486 e. The predicted molar refractivity (Wildman–Crippen MR) is 110 cm³/mol. The molecule has 4 rings (SSSR count). The van der Waals surface area contributed by atoms with Gasteiger partial charge in [-0.15, -0.1) is 0 Å². The number of rotatable bonds is 4. The van der Waals surface area contributed by atoms with Crippen LogP contribution in [0, 0.1) is 5.82 Å². The lowest BCUT2D eigenvalue weighted by molar-refractivity contribution is -0.115. The predicted octanol–water partition coefficient (Wildman–Crippen LogP) is 4.53. The summed E-state index contributed by atoms with van der Waals surface area (Å²) in [6.45, 7) is 2.84. The summed E-state index contributed by atoms with van der Waals surface area (Å²) >= 11 is 3.49. The van der Waals surface area contributed by atoms with Crippen molar-refractivity contribution in [2.75, 3.05) is 36.5 Å². The minimum atomic E-state index is -0.364. The van der Waals surface area contributed by atoms with Crippen LogP contribution >= 0.6 is 15.9 Å². The third-order valence-corrected chi connectivity index (χ3v) is 5.73. The molecule has 0 spiro atoms. The number of carbonyl (C=O) groups is 1. The first-order valence-electron chi connectivity index (χ1n) is 9.52. The average Bonchev–Trinajstić information content (AvgIpc) is 2.69. The Labute approximate surface area is 171 Å². The van der Waals surface area contributed by atoms with E-state index in [-0.39, 0.29) is 18.1 Å². The molecular formula is C21H22BrFN2O3. The van der Waals surface area contributed by atoms with Crippen LogP contribution in [0.25, 0.3) is 0 Å². The fourth-order valence-electron chi connectivity index (χ4n) is 3.63. The fraction of sp³-hybridized carbons (Fsp3) is 0.381. The monoisotopic (exact) mass is 448 g/mol. The number of halogens is 2. The van der Waals surface area contributed by atoms with Crippen LogP contribution in [0.1, 0.15) is 24.8 Å². The molecule has 0 aromatic heterocycles. The van der Waals surface area contributed by atoms with Gasteiger partial charge in [0.05, 0.1) is 17.8 Å². The Morgan fingerprint density at radius 1 is 1.07 bits per heavy atom. The van der Waals surface area contributed by atoms with Crippen molar-refractivity contribution in [2.45, 2.75) is 25.7 Å². The Bertz CT molecular complexity index is 884. The molecule has 2 aliphatic rings. The van der Waals surface area contributed by atoms with E-state index in [0.29, 0.717) is 30.4 Å². The molecule has 1 amide bonds. The molecule has 2 heterocycles. The normalized spacial score (nSPS) is 16.0. The largest absolute Gasteiger partial charge is 0.486 e. The smallest absolute Gasteiger partial charge is 0.228 e. The number of hydrogen-bond donors (Lipinski definition) is 1. The molecule has 0 radical (unpaired) electrons. The summed E-state index contributed by atoms with van der Waals surface area (Å²) in [7, 11) is 0. The van der Waals surface area contributed by atoms with Crippen molar-refractivity contribution in [3.05, 3.63) is 46.2 Å². The number of benzene rings is 2. The zero-order valence-corrected chi connectivity index (χ0v) is 17.1. The standard InChI is InChI=1S/C21H22BrFN2O3/c22-16-13-20-19(27-8-9-28-20)10-14(16)11-21(26)24-17-12-15(23)4-5-18(17)25-6-2-1-3-7-25/h4-5,10,12-13H,1-3,6-9,11H2,(H,24,26). The highest BCUT2D eigenvalue weighted by molar-refractivity contribution is 9.10. The number of hydrogen-bond acceptors (Lipinski definition) is 4. The third kappa shape index (κ3) is 4.24. The molecule has 2 aromatic carbocycles. The summed E-state index contributed by atoms with van der Waals surface area (Å²) in [5.41, 5.74) is 2.17. The molecule has 5 nitrogen and oxygen atoms in total. The molecule has 1 saturated heterocycles. The van der Waals surface area contributed by atoms with E-state index >= 15 is 0 Å². The van der Waals surface area contributed by atoms with Crippen LogP contribution in [-0.4, -0.2) is 32.2 Å². The maximum atomic E-state index is 13.8. The van der Waals surface area contributed by atoms with Crippen molar-refractivity contribution in [3.63, 3.8) is 0 Å². The molecule has 0 aliphatic carbocycles. The number of nitrogens with zero attached hydrogens (tertiary/aromatic N) is 1. The molecule has 2 aromatic rings. The third-order valence-electron chi connectivity index (χ3n) is 4.99. The Morgan fingerprint density at radius 3 is 2.54 bits per heavy atom. The van der Waals surface area contributed by atoms with Gasteiger partial charge in [0.25, 0.3) is 0 Å². The number of carbonyl (C=O) groups excluding carboxylic acids is 1. The Hall–Kier alpha value is -2.28. The van der Waals surface area contributed by atoms with Crippen LogP contribution in [0.3, 0.4) is 0 Å². The number of anilines is 2. The quantitative estimate of drug-likeness (QED) is 0.746. The van der Waals surface area contributed by atoms with Crippen molar-refractivity contribution >= 4 is 33.2 Å². The zero-order chi connectivity index (χ0) is 19.5. The van der Waals surface area contributed by atoms with Crippen molar-refractivity contribution in [1.82, 2.24) is 0 Å². The lowest BCUT2D eigenvalue weighted by atomic mass is 10.1. The van der Waals surface area contributed by atoms with Gasteiger partial charge in [-0.3, -0.25) is 4.79 Å². The van der Waals surface area contributed by atoms with Gasteiger partial charge in [-0.25, -0.2) is 4.39 Å². The first-order valence-corrected chi connectivity index (χ1v) is 10.3. The van der Waals surface area contributed by atoms with Gasteiger partial charge < -0.3 is 19.7 Å². The molecule has 0 bridgehead atoms. The first-order chi connectivity index (χ1) is 13.6. The van der Waals surface area contributed by atoms with Crippen LogP contribution in [0.4, 0.5) is 15.8 Å². The van der Waals surface area contributed by atoms with Crippen LogP contribution in [-0.2, 0) is 11.2 Å². The maximum Gasteiger partial charge on any atom is 0.228 e. The molecule has 7 heteroatoms. The second-order valence-corrected chi connectivity index (χ2v) is 7.88. The van der Waals surface area contributed by atoms with Gasteiger partial charge in [-0.05, 0) is 55.2 Å². The van der Waals surface area contributed by atoms with Gasteiger partial charge in [0, 0.05) is 17.6 Å². The fourth-order valence-corrected chi connectivity index (χ4v) is 4.09. The van der Waals surface area contributed by atoms with Crippen molar-refractivity contribution in [1.29, 1.82) is 0 Å². The van der Waals surface area contributed by atoms with Crippen molar-refractivity contribution in [2.24, 2.45) is 0 Å². The topological polar surface area (TPSA) is 50.8 Å². The Balaban J connectivity index is 1.52. The van der Waals surface area contributed by atoms with Gasteiger partial charge in [-0.2, -0.15) is 0 Å². The summed E-state index contributed by atoms with van der Waals surface area (Å²) in [5.74, 6) is 0.731. The first kappa shape index (κ1) is 19.1. The SMILES string of the molecule is O=C(Cc1cc2c(cc1Br)OCCO2)Nc1cc(F)ccc1N1CCCCC1. The zero-order valence-electron chi connectivity index (χ0n) is 15.5. The van der Waals surface area contributed by atoms with E-state index in [1.54, 1.807) is 6.07 Å². The molecule has 1 N–H and O–H groups in total. The van der Waals surface area contributed by atoms with Crippen LogP contribution in [0.5, 0.6) is 11.5 Å². The molecule has 1 fully saturated rings. The summed E-state index contributed by atoms with van der Waals surface area (Å²) in [4.78, 5) is 14.9. The van der Waals surface area contributed by atoms with Crippen molar-refractivity contribution in [3.8, 4) is 11.5 Å². The van der Waals surface area contributed by atoms with E-state index in [9.17, 15) is 9.18 Å². The van der Waals surface area contributed by atoms with Crippen LogP contribution < -0.4 is 19.7 Å². The van der Waals surface area contributed by atoms with Gasteiger partial charge >= 0.3 is 0 Å². The number of ether oxygens (including phenoxy) is 2. The number of piperidine rings is 1. The van der Waals surface area contributed by atoms with E-state index in [1.807, 2.05) is 12.1 Å². The van der Waals surface area contributed by atoms with Gasteiger partial charge in [0.2, 0.25) is 5.91 Å². The molecule has 0 saturated carbocycles. The second kappa shape index (κ2) is 8.39. The minimum absolute atomic E-state index is 0.146. The molecule has 0 unspecified atom stereocenters. The highest BCUT2D eigenvalue weighted by Gasteiger charge is 2.19. The Kier molecular flexibility index (Phi) is 5.71. The van der Waals surface area contributed by atoms with E-state index in [4.69, 9.17) is 9.47 Å². The second-order valence-electron chi connectivity index (χ2n) is 7.02. The van der Waals surface area contributed by atoms with E-state index < -0.39 is 0 Å². The summed E-state index contributed by atoms with van der Waals surface area (Å²) in [5, 5.41) is 2.89. The molecule has 0 atom stereocenters. The number of nitrogens with one attached hydrogen (secondary N) is 1. The summed E-state index contributed by atoms with van der Waals surface area (Å²) in [6.07, 6.45) is 3.56. The van der Waals surface area contributed by atoms with E-state index in [2.05, 4.69) is 26.1 Å². The van der Waals surface area contributed by atoms with Crippen LogP contribution in [0.2, 0.25) is 0 Å². The maximum absolute atomic E-state index is 13.8. The van der Waals surface area contributed by atoms with Crippen molar-refractivity contribution < 1.29 is 18.7 Å². The highest BCUT2D eigenvalue weighted by Crippen LogP contribution is 2.36. The lowest BCUT2D eigenvalue weighted by Crippen LogP contribution is -2.30. The molecule has 28 heavy (non-hydrogen) atoms. The Morgan fingerprint density at radius 2 is 1.79 bits per heavy atom. The lowest BCUT2D eigenvalue weighted by Gasteiger charge is -2.30. The van der Waals surface area contributed by atoms with Gasteiger partial charge in [0.1, 0.15) is 19.0 Å². The average molecular weight is 449 g/mol. The molecular weight excluding hydrogens is 427 g/mol. The van der Waals surface area contributed by atoms with Crippen LogP contribution in [0.15, 0.2) is 34.8 Å². The van der Waals surface area contributed by atoms with Gasteiger partial charge in [0.15, 0.2) is 11.5 Å². The number of fused-ring (bicyclic) bond motifs is 1. The molecule has 148 valence electrons. The van der Waals surface area contributed by atoms with E-state index in [1.165, 1.54) is 18.6 Å². The summed E-state index contributed by atoms with van der Waals surface area (Å²) < 4.78 is 25.8. The highest BCUT2D eigenvalue weighted by atomic mass is 79.9. The van der Waals surface area contributed by atoms with Gasteiger partial charge in [-0.1, -0.05) is 15.9 Å².